The van der Waals surface area contributed by atoms with E-state index in [0.717, 1.165) is 12.2 Å². The Bertz CT molecular complexity index is 545. The predicted octanol–water partition coefficient (Wildman–Crippen LogP) is 5.11. The summed E-state index contributed by atoms with van der Waals surface area (Å²) in [4.78, 5) is 0. The highest BCUT2D eigenvalue weighted by Crippen LogP contribution is 2.23. The largest absolute Gasteiger partial charge is 0.382 e. The normalized spacial score (nSPS) is 11.8. The first-order chi connectivity index (χ1) is 9.55. The molecule has 0 aliphatic carbocycles. The number of rotatable bonds is 4. The molecule has 1 N–H and O–H groups in total. The van der Waals surface area contributed by atoms with Crippen LogP contribution in [0.3, 0.4) is 0 Å². The lowest BCUT2D eigenvalue weighted by atomic mass is 9.87. The smallest absolute Gasteiger partial charge is 0.0342 e. The molecule has 1 nitrogen and oxygen atoms in total. The summed E-state index contributed by atoms with van der Waals surface area (Å²) in [6, 6.07) is 19.0. The second-order valence-electron chi connectivity index (χ2n) is 6.02. The first-order valence-electron chi connectivity index (χ1n) is 7.12. The highest BCUT2D eigenvalue weighted by molar-refractivity contribution is 5.51. The van der Waals surface area contributed by atoms with E-state index < -0.39 is 0 Å². The molecule has 0 saturated heterocycles. The molecule has 104 valence electrons. The molecule has 0 aromatic heterocycles. The van der Waals surface area contributed by atoms with E-state index in [-0.39, 0.29) is 5.41 Å². The van der Waals surface area contributed by atoms with Gasteiger partial charge in [-0.1, -0.05) is 75.4 Å². The maximum absolute atomic E-state index is 3.41. The first kappa shape index (κ1) is 14.4. The zero-order valence-electron chi connectivity index (χ0n) is 12.6. The molecule has 2 rings (SSSR count). The van der Waals surface area contributed by atoms with E-state index in [9.17, 15) is 0 Å². The van der Waals surface area contributed by atoms with Gasteiger partial charge in [-0.3, -0.25) is 0 Å². The number of hydrogen-bond donors (Lipinski definition) is 1. The van der Waals surface area contributed by atoms with Crippen molar-refractivity contribution in [3.8, 4) is 0 Å². The molecule has 0 heterocycles. The van der Waals surface area contributed by atoms with Gasteiger partial charge in [0.1, 0.15) is 0 Å². The molecule has 0 bridgehead atoms. The average molecular weight is 265 g/mol. The van der Waals surface area contributed by atoms with Crippen molar-refractivity contribution in [2.75, 3.05) is 11.9 Å². The zero-order valence-corrected chi connectivity index (χ0v) is 12.6. The Morgan fingerprint density at radius 1 is 0.900 bits per heavy atom. The minimum absolute atomic E-state index is 0.214. The monoisotopic (exact) mass is 265 g/mol. The minimum atomic E-state index is 0.214. The van der Waals surface area contributed by atoms with E-state index in [0.29, 0.717) is 0 Å². The van der Waals surface area contributed by atoms with Gasteiger partial charge in [0, 0.05) is 12.2 Å². The molecular weight excluding hydrogens is 242 g/mol. The summed E-state index contributed by atoms with van der Waals surface area (Å²) >= 11 is 0. The molecule has 0 aliphatic heterocycles. The molecule has 2 aromatic carbocycles. The predicted molar refractivity (Wildman–Crippen MR) is 89.1 cm³/mol. The standard InChI is InChI=1S/C19H23N/c1-19(2,3)17-11-13-18(14-12-17)20-15-7-10-16-8-5-4-6-9-16/h4-14,20H,15H2,1-3H3. The molecule has 0 aliphatic rings. The highest BCUT2D eigenvalue weighted by Gasteiger charge is 2.12. The third-order valence-electron chi connectivity index (χ3n) is 3.28. The summed E-state index contributed by atoms with van der Waals surface area (Å²) in [6.07, 6.45) is 4.28. The molecule has 0 amide bonds. The molecule has 1 heteroatoms. The lowest BCUT2D eigenvalue weighted by Gasteiger charge is -2.19. The van der Waals surface area contributed by atoms with Crippen LogP contribution in [-0.4, -0.2) is 6.54 Å². The summed E-state index contributed by atoms with van der Waals surface area (Å²) in [5.74, 6) is 0. The third-order valence-corrected chi connectivity index (χ3v) is 3.28. The van der Waals surface area contributed by atoms with Gasteiger partial charge in [0.05, 0.1) is 0 Å². The van der Waals surface area contributed by atoms with Crippen molar-refractivity contribution in [2.24, 2.45) is 0 Å². The van der Waals surface area contributed by atoms with E-state index >= 15 is 0 Å². The molecule has 0 radical (unpaired) electrons. The van der Waals surface area contributed by atoms with E-state index in [2.05, 4.69) is 86.8 Å². The fourth-order valence-corrected chi connectivity index (χ4v) is 2.02. The van der Waals surface area contributed by atoms with Gasteiger partial charge in [0.2, 0.25) is 0 Å². The van der Waals surface area contributed by atoms with Crippen molar-refractivity contribution in [2.45, 2.75) is 26.2 Å². The molecule has 2 aromatic rings. The maximum Gasteiger partial charge on any atom is 0.0342 e. The maximum atomic E-state index is 3.41. The molecule has 20 heavy (non-hydrogen) atoms. The Balaban J connectivity index is 1.87. The summed E-state index contributed by atoms with van der Waals surface area (Å²) in [5.41, 5.74) is 3.97. The quantitative estimate of drug-likeness (QED) is 0.810. The van der Waals surface area contributed by atoms with Crippen molar-refractivity contribution < 1.29 is 0 Å². The third kappa shape index (κ3) is 4.27. The van der Waals surface area contributed by atoms with Crippen LogP contribution in [0.5, 0.6) is 0 Å². The van der Waals surface area contributed by atoms with E-state index in [1.807, 2.05) is 6.07 Å². The van der Waals surface area contributed by atoms with Crippen LogP contribution in [0.25, 0.3) is 6.08 Å². The summed E-state index contributed by atoms with van der Waals surface area (Å²) in [6.45, 7) is 7.54. The summed E-state index contributed by atoms with van der Waals surface area (Å²) in [7, 11) is 0. The van der Waals surface area contributed by atoms with Crippen LogP contribution in [0.15, 0.2) is 60.7 Å². The van der Waals surface area contributed by atoms with E-state index in [1.54, 1.807) is 0 Å². The van der Waals surface area contributed by atoms with Crippen molar-refractivity contribution in [3.05, 3.63) is 71.8 Å². The molecule has 0 unspecified atom stereocenters. The number of nitrogens with one attached hydrogen (secondary N) is 1. The van der Waals surface area contributed by atoms with Crippen LogP contribution in [0.1, 0.15) is 31.9 Å². The second-order valence-corrected chi connectivity index (χ2v) is 6.02. The van der Waals surface area contributed by atoms with Crippen molar-refractivity contribution in [1.29, 1.82) is 0 Å². The summed E-state index contributed by atoms with van der Waals surface area (Å²) in [5, 5.41) is 3.41. The SMILES string of the molecule is CC(C)(C)c1ccc(NCC=Cc2ccccc2)cc1. The van der Waals surface area contributed by atoms with E-state index in [4.69, 9.17) is 0 Å². The number of hydrogen-bond acceptors (Lipinski definition) is 1. The van der Waals surface area contributed by atoms with Crippen molar-refractivity contribution >= 4 is 11.8 Å². The van der Waals surface area contributed by atoms with Gasteiger partial charge < -0.3 is 5.32 Å². The minimum Gasteiger partial charge on any atom is -0.382 e. The van der Waals surface area contributed by atoms with Crippen molar-refractivity contribution in [3.63, 3.8) is 0 Å². The first-order valence-corrected chi connectivity index (χ1v) is 7.12. The fourth-order valence-electron chi connectivity index (χ4n) is 2.02. The van der Waals surface area contributed by atoms with Crippen LogP contribution >= 0.6 is 0 Å². The average Bonchev–Trinajstić information content (AvgIpc) is 2.44. The summed E-state index contributed by atoms with van der Waals surface area (Å²) < 4.78 is 0. The van der Waals surface area contributed by atoms with Crippen LogP contribution in [0.4, 0.5) is 5.69 Å². The van der Waals surface area contributed by atoms with Crippen LogP contribution in [0, 0.1) is 0 Å². The van der Waals surface area contributed by atoms with Gasteiger partial charge in [0.15, 0.2) is 0 Å². The second kappa shape index (κ2) is 6.42. The Hall–Kier alpha value is -2.02. The lowest BCUT2D eigenvalue weighted by Crippen LogP contribution is -2.10. The zero-order chi connectivity index (χ0) is 14.4. The van der Waals surface area contributed by atoms with E-state index in [1.165, 1.54) is 11.1 Å². The van der Waals surface area contributed by atoms with Crippen LogP contribution in [0.2, 0.25) is 0 Å². The van der Waals surface area contributed by atoms with Crippen LogP contribution in [-0.2, 0) is 5.41 Å². The lowest BCUT2D eigenvalue weighted by molar-refractivity contribution is 0.590. The molecule has 0 atom stereocenters. The Morgan fingerprint density at radius 2 is 1.55 bits per heavy atom. The van der Waals surface area contributed by atoms with Gasteiger partial charge in [-0.05, 0) is 28.7 Å². The number of anilines is 1. The molecule has 0 saturated carbocycles. The Morgan fingerprint density at radius 3 is 2.15 bits per heavy atom. The highest BCUT2D eigenvalue weighted by atomic mass is 14.8. The van der Waals surface area contributed by atoms with Gasteiger partial charge in [-0.15, -0.1) is 0 Å². The van der Waals surface area contributed by atoms with Crippen LogP contribution < -0.4 is 5.32 Å². The van der Waals surface area contributed by atoms with Gasteiger partial charge in [-0.2, -0.15) is 0 Å². The van der Waals surface area contributed by atoms with Crippen molar-refractivity contribution in [1.82, 2.24) is 0 Å². The number of benzene rings is 2. The Kier molecular flexibility index (Phi) is 4.62. The molecule has 0 spiro atoms. The fraction of sp³-hybridized carbons (Fsp3) is 0.263. The van der Waals surface area contributed by atoms with Gasteiger partial charge in [-0.25, -0.2) is 0 Å². The molecular formula is C19H23N. The van der Waals surface area contributed by atoms with Gasteiger partial charge >= 0.3 is 0 Å². The molecule has 0 fully saturated rings. The topological polar surface area (TPSA) is 12.0 Å². The van der Waals surface area contributed by atoms with Gasteiger partial charge in [0.25, 0.3) is 0 Å². The Labute approximate surface area is 122 Å².